The molecule has 0 atom stereocenters. The van der Waals surface area contributed by atoms with Crippen molar-refractivity contribution in [2.45, 2.75) is 31.2 Å². The summed E-state index contributed by atoms with van der Waals surface area (Å²) in [5, 5.41) is 5.35. The van der Waals surface area contributed by atoms with Crippen LogP contribution in [0.2, 0.25) is 0 Å². The molecule has 1 aliphatic heterocycles. The largest absolute Gasteiger partial charge is 0.497 e. The minimum atomic E-state index is -0.813. The third-order valence-corrected chi connectivity index (χ3v) is 4.54. The molecular formula is C16H21ClN4O4. The number of anilines is 2. The summed E-state index contributed by atoms with van der Waals surface area (Å²) in [5.74, 6) is -0.272. The Labute approximate surface area is 151 Å². The summed E-state index contributed by atoms with van der Waals surface area (Å²) in [6.45, 7) is -0.344. The molecule has 0 unspecified atom stereocenters. The number of hydrogen-bond donors (Lipinski definition) is 3. The van der Waals surface area contributed by atoms with Crippen molar-refractivity contribution >= 4 is 41.6 Å². The fourth-order valence-corrected chi connectivity index (χ4v) is 3.24. The zero-order valence-electron chi connectivity index (χ0n) is 13.8. The SMILES string of the molecule is COc1ccc(N)c(NC(=O)CN2C(=O)NC3(CCCC3)C2=O)c1.Cl. The fraction of sp³-hybridized carbons (Fsp3) is 0.438. The first-order chi connectivity index (χ1) is 11.4. The van der Waals surface area contributed by atoms with Crippen LogP contribution in [0, 0.1) is 0 Å². The molecule has 8 nitrogen and oxygen atoms in total. The molecule has 25 heavy (non-hydrogen) atoms. The first-order valence-corrected chi connectivity index (χ1v) is 7.83. The highest BCUT2D eigenvalue weighted by Gasteiger charge is 2.52. The Morgan fingerprint density at radius 1 is 1.36 bits per heavy atom. The number of urea groups is 1. The molecule has 2 aliphatic rings. The summed E-state index contributed by atoms with van der Waals surface area (Å²) < 4.78 is 5.09. The number of imide groups is 1. The second kappa shape index (κ2) is 7.18. The molecule has 4 N–H and O–H groups in total. The molecule has 0 radical (unpaired) electrons. The van der Waals surface area contributed by atoms with Gasteiger partial charge in [0, 0.05) is 6.07 Å². The van der Waals surface area contributed by atoms with E-state index in [9.17, 15) is 14.4 Å². The van der Waals surface area contributed by atoms with Crippen molar-refractivity contribution in [2.75, 3.05) is 24.7 Å². The maximum Gasteiger partial charge on any atom is 0.325 e. The van der Waals surface area contributed by atoms with Crippen LogP contribution in [0.4, 0.5) is 16.2 Å². The van der Waals surface area contributed by atoms with Crippen LogP contribution in [-0.2, 0) is 9.59 Å². The number of methoxy groups -OCH3 is 1. The van der Waals surface area contributed by atoms with Gasteiger partial charge in [0.05, 0.1) is 18.5 Å². The number of carbonyl (C=O) groups excluding carboxylic acids is 3. The Kier molecular flexibility index (Phi) is 5.42. The molecule has 1 aromatic carbocycles. The maximum atomic E-state index is 12.5. The number of carbonyl (C=O) groups is 3. The number of ether oxygens (including phenoxy) is 1. The number of nitrogens with one attached hydrogen (secondary N) is 2. The maximum absolute atomic E-state index is 12.5. The predicted octanol–water partition coefficient (Wildman–Crippen LogP) is 1.50. The van der Waals surface area contributed by atoms with E-state index in [-0.39, 0.29) is 24.9 Å². The van der Waals surface area contributed by atoms with Crippen LogP contribution in [0.3, 0.4) is 0 Å². The van der Waals surface area contributed by atoms with Gasteiger partial charge < -0.3 is 21.1 Å². The van der Waals surface area contributed by atoms with E-state index in [1.54, 1.807) is 18.2 Å². The van der Waals surface area contributed by atoms with Gasteiger partial charge in [-0.25, -0.2) is 4.79 Å². The number of nitrogens with zero attached hydrogens (tertiary/aromatic N) is 1. The molecule has 1 spiro atoms. The summed E-state index contributed by atoms with van der Waals surface area (Å²) in [4.78, 5) is 37.8. The molecule has 1 saturated heterocycles. The highest BCUT2D eigenvalue weighted by molar-refractivity contribution is 6.10. The van der Waals surface area contributed by atoms with Crippen LogP contribution < -0.4 is 21.1 Å². The summed E-state index contributed by atoms with van der Waals surface area (Å²) in [6, 6.07) is 4.34. The van der Waals surface area contributed by atoms with E-state index in [1.165, 1.54) is 7.11 Å². The van der Waals surface area contributed by atoms with E-state index < -0.39 is 17.5 Å². The lowest BCUT2D eigenvalue weighted by atomic mass is 9.98. The Hall–Kier alpha value is -2.48. The molecule has 3 rings (SSSR count). The van der Waals surface area contributed by atoms with Gasteiger partial charge in [0.1, 0.15) is 17.8 Å². The van der Waals surface area contributed by atoms with Crippen LogP contribution in [0.15, 0.2) is 18.2 Å². The smallest absolute Gasteiger partial charge is 0.325 e. The highest BCUT2D eigenvalue weighted by atomic mass is 35.5. The monoisotopic (exact) mass is 368 g/mol. The third-order valence-electron chi connectivity index (χ3n) is 4.54. The Morgan fingerprint density at radius 3 is 2.68 bits per heavy atom. The number of nitrogen functional groups attached to an aromatic ring is 1. The lowest BCUT2D eigenvalue weighted by Crippen LogP contribution is -2.44. The molecular weight excluding hydrogens is 348 g/mol. The Balaban J connectivity index is 0.00000225. The van der Waals surface area contributed by atoms with E-state index in [2.05, 4.69) is 10.6 Å². The van der Waals surface area contributed by atoms with Gasteiger partial charge in [0.15, 0.2) is 0 Å². The zero-order valence-corrected chi connectivity index (χ0v) is 14.6. The van der Waals surface area contributed by atoms with Crippen molar-refractivity contribution < 1.29 is 19.1 Å². The van der Waals surface area contributed by atoms with Crippen LogP contribution in [0.1, 0.15) is 25.7 Å². The van der Waals surface area contributed by atoms with Gasteiger partial charge in [-0.05, 0) is 25.0 Å². The number of hydrogen-bond acceptors (Lipinski definition) is 5. The normalized spacial score (nSPS) is 18.0. The lowest BCUT2D eigenvalue weighted by Gasteiger charge is -2.20. The van der Waals surface area contributed by atoms with Gasteiger partial charge in [-0.3, -0.25) is 14.5 Å². The van der Waals surface area contributed by atoms with Gasteiger partial charge in [-0.15, -0.1) is 12.4 Å². The number of benzene rings is 1. The molecule has 2 fully saturated rings. The fourth-order valence-electron chi connectivity index (χ4n) is 3.24. The molecule has 136 valence electrons. The first kappa shape index (κ1) is 18.9. The van der Waals surface area contributed by atoms with Gasteiger partial charge in [-0.2, -0.15) is 0 Å². The van der Waals surface area contributed by atoms with Gasteiger partial charge in [0.25, 0.3) is 5.91 Å². The van der Waals surface area contributed by atoms with E-state index in [0.29, 0.717) is 30.0 Å². The highest BCUT2D eigenvalue weighted by Crippen LogP contribution is 2.35. The third kappa shape index (κ3) is 3.48. The molecule has 1 saturated carbocycles. The number of rotatable bonds is 4. The predicted molar refractivity (Wildman–Crippen MR) is 94.7 cm³/mol. The van der Waals surface area contributed by atoms with Crippen molar-refractivity contribution in [1.29, 1.82) is 0 Å². The average molecular weight is 369 g/mol. The second-order valence-electron chi connectivity index (χ2n) is 6.11. The number of amides is 4. The van der Waals surface area contributed by atoms with Crippen molar-refractivity contribution in [1.82, 2.24) is 10.2 Å². The van der Waals surface area contributed by atoms with E-state index in [1.807, 2.05) is 0 Å². The van der Waals surface area contributed by atoms with Gasteiger partial charge in [-0.1, -0.05) is 12.8 Å². The molecule has 0 bridgehead atoms. The molecule has 1 aromatic rings. The van der Waals surface area contributed by atoms with Crippen molar-refractivity contribution in [3.8, 4) is 5.75 Å². The number of halogens is 1. The summed E-state index contributed by atoms with van der Waals surface area (Å²) in [7, 11) is 1.51. The van der Waals surface area contributed by atoms with Crippen molar-refractivity contribution in [3.63, 3.8) is 0 Å². The van der Waals surface area contributed by atoms with Crippen molar-refractivity contribution in [2.24, 2.45) is 0 Å². The summed E-state index contributed by atoms with van der Waals surface area (Å²) >= 11 is 0. The Morgan fingerprint density at radius 2 is 2.04 bits per heavy atom. The zero-order chi connectivity index (χ0) is 17.3. The Bertz CT molecular complexity index is 703. The minimum Gasteiger partial charge on any atom is -0.497 e. The quantitative estimate of drug-likeness (QED) is 0.550. The first-order valence-electron chi connectivity index (χ1n) is 7.83. The standard InChI is InChI=1S/C16H20N4O4.ClH/c1-24-10-4-5-11(17)12(8-10)18-13(21)9-20-14(22)16(19-15(20)23)6-2-3-7-16;/h4-5,8H,2-3,6-7,9,17H2,1H3,(H,18,21)(H,19,23);1H. The van der Waals surface area contributed by atoms with Crippen molar-refractivity contribution in [3.05, 3.63) is 18.2 Å². The van der Waals surface area contributed by atoms with E-state index in [0.717, 1.165) is 17.7 Å². The van der Waals surface area contributed by atoms with Crippen LogP contribution >= 0.6 is 12.4 Å². The average Bonchev–Trinajstić information content (AvgIpc) is 3.11. The molecule has 4 amide bonds. The topological polar surface area (TPSA) is 114 Å². The second-order valence-corrected chi connectivity index (χ2v) is 6.11. The van der Waals surface area contributed by atoms with Gasteiger partial charge in [0.2, 0.25) is 5.91 Å². The van der Waals surface area contributed by atoms with Crippen LogP contribution in [0.25, 0.3) is 0 Å². The van der Waals surface area contributed by atoms with Gasteiger partial charge >= 0.3 is 6.03 Å². The minimum absolute atomic E-state index is 0. The van der Waals surface area contributed by atoms with E-state index >= 15 is 0 Å². The molecule has 9 heteroatoms. The van der Waals surface area contributed by atoms with Crippen LogP contribution in [-0.4, -0.2) is 41.9 Å². The molecule has 1 heterocycles. The number of nitrogens with two attached hydrogens (primary N) is 1. The molecule has 1 aliphatic carbocycles. The lowest BCUT2D eigenvalue weighted by molar-refractivity contribution is -0.133. The molecule has 0 aromatic heterocycles. The van der Waals surface area contributed by atoms with E-state index in [4.69, 9.17) is 10.5 Å². The summed E-state index contributed by atoms with van der Waals surface area (Å²) in [6.07, 6.45) is 3.04. The van der Waals surface area contributed by atoms with Crippen LogP contribution in [0.5, 0.6) is 5.75 Å². The summed E-state index contributed by atoms with van der Waals surface area (Å²) in [5.41, 5.74) is 5.75.